The minimum Gasteiger partial charge on any atom is -0.309 e. The number of pyridine rings is 1. The van der Waals surface area contributed by atoms with Crippen LogP contribution in [0.3, 0.4) is 0 Å². The maximum Gasteiger partial charge on any atom is 0.228 e. The van der Waals surface area contributed by atoms with Gasteiger partial charge in [0.25, 0.3) is 0 Å². The van der Waals surface area contributed by atoms with E-state index in [0.29, 0.717) is 5.82 Å². The molecule has 2 heterocycles. The van der Waals surface area contributed by atoms with E-state index < -0.39 is 0 Å². The predicted molar refractivity (Wildman–Crippen MR) is 65.3 cm³/mol. The number of hydrogen-bond donors (Lipinski definition) is 2. The number of carbonyl (C=O) groups is 1. The molecule has 17 heavy (non-hydrogen) atoms. The Kier molecular flexibility index (Phi) is 3.18. The number of H-pyrrole nitrogens is 1. The topological polar surface area (TPSA) is 70.7 Å². The van der Waals surface area contributed by atoms with Crippen LogP contribution in [-0.2, 0) is 4.79 Å². The van der Waals surface area contributed by atoms with Gasteiger partial charge >= 0.3 is 0 Å². The molecule has 2 N–H and O–H groups in total. The van der Waals surface area contributed by atoms with Gasteiger partial charge in [-0.05, 0) is 12.1 Å². The highest BCUT2D eigenvalue weighted by molar-refractivity contribution is 5.91. The van der Waals surface area contributed by atoms with Crippen molar-refractivity contribution in [2.24, 2.45) is 5.92 Å². The first kappa shape index (κ1) is 11.3. The Hall–Kier alpha value is -2.17. The van der Waals surface area contributed by atoms with Crippen molar-refractivity contribution in [3.05, 3.63) is 30.6 Å². The summed E-state index contributed by atoms with van der Waals surface area (Å²) < 4.78 is 0. The molecule has 0 aliphatic rings. The van der Waals surface area contributed by atoms with Crippen molar-refractivity contribution in [3.8, 4) is 11.3 Å². The third-order valence-electron chi connectivity index (χ3n) is 2.34. The average Bonchev–Trinajstić information content (AvgIpc) is 2.78. The molecule has 5 nitrogen and oxygen atoms in total. The molecule has 1 amide bonds. The third kappa shape index (κ3) is 2.69. The van der Waals surface area contributed by atoms with Gasteiger partial charge in [0.1, 0.15) is 0 Å². The van der Waals surface area contributed by atoms with Crippen molar-refractivity contribution in [2.75, 3.05) is 5.32 Å². The first-order valence-electron chi connectivity index (χ1n) is 5.43. The van der Waals surface area contributed by atoms with Crippen molar-refractivity contribution in [3.63, 3.8) is 0 Å². The zero-order chi connectivity index (χ0) is 12.3. The van der Waals surface area contributed by atoms with E-state index in [4.69, 9.17) is 0 Å². The number of aromatic amines is 1. The minimum absolute atomic E-state index is 0.0437. The van der Waals surface area contributed by atoms with Crippen molar-refractivity contribution < 1.29 is 4.79 Å². The maximum absolute atomic E-state index is 11.5. The number of aromatic nitrogens is 3. The number of rotatable bonds is 3. The molecule has 0 spiro atoms. The molecule has 88 valence electrons. The Bertz CT molecular complexity index is 504. The Balaban J connectivity index is 2.14. The quantitative estimate of drug-likeness (QED) is 0.847. The van der Waals surface area contributed by atoms with Gasteiger partial charge in [-0.25, -0.2) is 0 Å². The summed E-state index contributed by atoms with van der Waals surface area (Å²) in [6.07, 6.45) is 3.42. The first-order valence-corrected chi connectivity index (χ1v) is 5.43. The lowest BCUT2D eigenvalue weighted by Gasteiger charge is -2.03. The fourth-order valence-corrected chi connectivity index (χ4v) is 1.34. The van der Waals surface area contributed by atoms with Crippen LogP contribution in [0.15, 0.2) is 30.6 Å². The van der Waals surface area contributed by atoms with Gasteiger partial charge in [0.05, 0.1) is 5.69 Å². The van der Waals surface area contributed by atoms with Crippen LogP contribution in [-0.4, -0.2) is 21.1 Å². The Morgan fingerprint density at radius 1 is 1.35 bits per heavy atom. The average molecular weight is 230 g/mol. The SMILES string of the molecule is CC(C)C(=O)Nc1cc(-c2ccncc2)[nH]n1. The summed E-state index contributed by atoms with van der Waals surface area (Å²) in [5.41, 5.74) is 1.84. The number of hydrogen-bond acceptors (Lipinski definition) is 3. The summed E-state index contributed by atoms with van der Waals surface area (Å²) in [5.74, 6) is 0.435. The van der Waals surface area contributed by atoms with Crippen LogP contribution in [0.25, 0.3) is 11.3 Å². The summed E-state index contributed by atoms with van der Waals surface area (Å²) in [6.45, 7) is 3.68. The second-order valence-corrected chi connectivity index (χ2v) is 4.05. The molecule has 0 saturated carbocycles. The van der Waals surface area contributed by atoms with Gasteiger partial charge < -0.3 is 5.32 Å². The second kappa shape index (κ2) is 4.78. The fraction of sp³-hybridized carbons (Fsp3) is 0.250. The van der Waals surface area contributed by atoms with Gasteiger partial charge in [-0.15, -0.1) is 0 Å². The Labute approximate surface area is 99.3 Å². The minimum atomic E-state index is -0.0592. The highest BCUT2D eigenvalue weighted by Crippen LogP contribution is 2.18. The molecule has 0 aliphatic carbocycles. The molecule has 0 aromatic carbocycles. The number of nitrogens with one attached hydrogen (secondary N) is 2. The highest BCUT2D eigenvalue weighted by atomic mass is 16.1. The third-order valence-corrected chi connectivity index (χ3v) is 2.34. The van der Waals surface area contributed by atoms with Crippen LogP contribution < -0.4 is 5.32 Å². The van der Waals surface area contributed by atoms with Crippen LogP contribution in [0.5, 0.6) is 0 Å². The van der Waals surface area contributed by atoms with Gasteiger partial charge in [0.2, 0.25) is 5.91 Å². The summed E-state index contributed by atoms with van der Waals surface area (Å²) in [5, 5.41) is 9.65. The van der Waals surface area contributed by atoms with Crippen molar-refractivity contribution >= 4 is 11.7 Å². The van der Waals surface area contributed by atoms with E-state index in [-0.39, 0.29) is 11.8 Å². The summed E-state index contributed by atoms with van der Waals surface area (Å²) in [6, 6.07) is 5.55. The van der Waals surface area contributed by atoms with Crippen molar-refractivity contribution in [2.45, 2.75) is 13.8 Å². The maximum atomic E-state index is 11.5. The summed E-state index contributed by atoms with van der Waals surface area (Å²) >= 11 is 0. The van der Waals surface area contributed by atoms with Crippen LogP contribution in [0.1, 0.15) is 13.8 Å². The largest absolute Gasteiger partial charge is 0.309 e. The smallest absolute Gasteiger partial charge is 0.228 e. The van der Waals surface area contributed by atoms with Crippen LogP contribution >= 0.6 is 0 Å². The van der Waals surface area contributed by atoms with Gasteiger partial charge in [-0.3, -0.25) is 14.9 Å². The van der Waals surface area contributed by atoms with Crippen molar-refractivity contribution in [1.29, 1.82) is 0 Å². The van der Waals surface area contributed by atoms with E-state index in [9.17, 15) is 4.79 Å². The standard InChI is InChI=1S/C12H14N4O/c1-8(2)12(17)14-11-7-10(15-16-11)9-3-5-13-6-4-9/h3-8H,1-2H3,(H2,14,15,16,17). The molecule has 5 heteroatoms. The molecule has 0 fully saturated rings. The lowest BCUT2D eigenvalue weighted by Crippen LogP contribution is -2.17. The van der Waals surface area contributed by atoms with Gasteiger partial charge in [-0.1, -0.05) is 13.8 Å². The zero-order valence-electron chi connectivity index (χ0n) is 9.77. The molecular formula is C12H14N4O. The van der Waals surface area contributed by atoms with Gasteiger partial charge in [0.15, 0.2) is 5.82 Å². The van der Waals surface area contributed by atoms with Crippen LogP contribution in [0.4, 0.5) is 5.82 Å². The predicted octanol–water partition coefficient (Wildman–Crippen LogP) is 2.07. The molecule has 0 bridgehead atoms. The lowest BCUT2D eigenvalue weighted by molar-refractivity contribution is -0.118. The fourth-order valence-electron chi connectivity index (χ4n) is 1.34. The molecule has 0 radical (unpaired) electrons. The van der Waals surface area contributed by atoms with Gasteiger partial charge in [-0.2, -0.15) is 5.10 Å². The summed E-state index contributed by atoms with van der Waals surface area (Å²) in [4.78, 5) is 15.4. The van der Waals surface area contributed by atoms with E-state index in [1.165, 1.54) is 0 Å². The van der Waals surface area contributed by atoms with Crippen LogP contribution in [0.2, 0.25) is 0 Å². The Morgan fingerprint density at radius 2 is 2.06 bits per heavy atom. The Morgan fingerprint density at radius 3 is 2.71 bits per heavy atom. The molecule has 2 rings (SSSR count). The van der Waals surface area contributed by atoms with Crippen LogP contribution in [0, 0.1) is 5.92 Å². The summed E-state index contributed by atoms with van der Waals surface area (Å²) in [7, 11) is 0. The van der Waals surface area contributed by atoms with E-state index in [2.05, 4.69) is 20.5 Å². The second-order valence-electron chi connectivity index (χ2n) is 4.05. The molecule has 0 unspecified atom stereocenters. The molecule has 0 aliphatic heterocycles. The number of anilines is 1. The van der Waals surface area contributed by atoms with E-state index in [1.54, 1.807) is 18.5 Å². The highest BCUT2D eigenvalue weighted by Gasteiger charge is 2.09. The molecule has 0 atom stereocenters. The first-order chi connectivity index (χ1) is 8.16. The van der Waals surface area contributed by atoms with Crippen molar-refractivity contribution in [1.82, 2.24) is 15.2 Å². The molecule has 0 saturated heterocycles. The molecule has 2 aromatic heterocycles. The molecular weight excluding hydrogens is 216 g/mol. The number of nitrogens with zero attached hydrogens (tertiary/aromatic N) is 2. The van der Waals surface area contributed by atoms with E-state index in [0.717, 1.165) is 11.3 Å². The molecule has 2 aromatic rings. The number of amides is 1. The normalized spacial score (nSPS) is 10.5. The van der Waals surface area contributed by atoms with E-state index >= 15 is 0 Å². The van der Waals surface area contributed by atoms with E-state index in [1.807, 2.05) is 26.0 Å². The monoisotopic (exact) mass is 230 g/mol. The zero-order valence-corrected chi connectivity index (χ0v) is 9.77. The van der Waals surface area contributed by atoms with Gasteiger partial charge in [0, 0.05) is 29.9 Å². The lowest BCUT2D eigenvalue weighted by atomic mass is 10.2. The number of carbonyl (C=O) groups excluding carboxylic acids is 1.